The Labute approximate surface area is 151 Å². The van der Waals surface area contributed by atoms with Crippen LogP contribution in [0.15, 0.2) is 23.3 Å². The fourth-order valence-corrected chi connectivity index (χ4v) is 3.17. The normalized spacial score (nSPS) is 11.8. The number of rotatable bonds is 7. The number of nitrogens with one attached hydrogen (secondary N) is 1. The summed E-state index contributed by atoms with van der Waals surface area (Å²) < 4.78 is 4.15. The fraction of sp³-hybridized carbons (Fsp3) is 0.579. The van der Waals surface area contributed by atoms with Crippen molar-refractivity contribution in [1.82, 2.24) is 24.6 Å². The van der Waals surface area contributed by atoms with E-state index in [-0.39, 0.29) is 0 Å². The highest BCUT2D eigenvalue weighted by Crippen LogP contribution is 2.17. The molecule has 25 heavy (non-hydrogen) atoms. The highest BCUT2D eigenvalue weighted by molar-refractivity contribution is 5.79. The summed E-state index contributed by atoms with van der Waals surface area (Å²) in [5.74, 6) is 0.927. The van der Waals surface area contributed by atoms with Crippen molar-refractivity contribution >= 4 is 5.96 Å². The van der Waals surface area contributed by atoms with Gasteiger partial charge in [0.1, 0.15) is 0 Å². The molecule has 0 aliphatic heterocycles. The van der Waals surface area contributed by atoms with Gasteiger partial charge in [-0.25, -0.2) is 4.99 Å². The molecule has 1 N–H and O–H groups in total. The third-order valence-corrected chi connectivity index (χ3v) is 4.56. The molecule has 6 heteroatoms. The van der Waals surface area contributed by atoms with Crippen molar-refractivity contribution < 1.29 is 0 Å². The van der Waals surface area contributed by atoms with E-state index in [0.717, 1.165) is 37.6 Å². The molecule has 0 aliphatic rings. The second-order valence-corrected chi connectivity index (χ2v) is 6.34. The van der Waals surface area contributed by atoms with Crippen LogP contribution in [0.3, 0.4) is 0 Å². The average molecular weight is 345 g/mol. The first-order chi connectivity index (χ1) is 12.0. The number of guanidine groups is 1. The van der Waals surface area contributed by atoms with Crippen LogP contribution in [-0.2, 0) is 40.0 Å². The lowest BCUT2D eigenvalue weighted by atomic mass is 10.1. The van der Waals surface area contributed by atoms with E-state index in [2.05, 4.69) is 73.1 Å². The molecule has 0 fully saturated rings. The van der Waals surface area contributed by atoms with Crippen LogP contribution in [0.4, 0.5) is 0 Å². The molecule has 2 aromatic heterocycles. The number of hydrogen-bond acceptors (Lipinski definition) is 2. The quantitative estimate of drug-likeness (QED) is 0.620. The third kappa shape index (κ3) is 4.44. The predicted octanol–water partition coefficient (Wildman–Crippen LogP) is 2.48. The standard InChI is InChI=1S/C19H32N6/c1-7-17-16(18(8-2)25(6)22-17)13-21-19(20-9-3)24(5)14-15-11-10-12-23(15)4/h10-12H,7-9,13-14H2,1-6H3,(H,20,21). The minimum Gasteiger partial charge on any atom is -0.357 e. The molecular weight excluding hydrogens is 312 g/mol. The van der Waals surface area contributed by atoms with Crippen LogP contribution in [0.2, 0.25) is 0 Å². The van der Waals surface area contributed by atoms with Crippen LogP contribution in [0.25, 0.3) is 0 Å². The maximum atomic E-state index is 4.89. The summed E-state index contributed by atoms with van der Waals surface area (Å²) in [6.45, 7) is 8.78. The van der Waals surface area contributed by atoms with Gasteiger partial charge in [0.05, 0.1) is 18.8 Å². The Kier molecular flexibility index (Phi) is 6.67. The summed E-state index contributed by atoms with van der Waals surface area (Å²) >= 11 is 0. The molecule has 0 aliphatic carbocycles. The van der Waals surface area contributed by atoms with Crippen LogP contribution in [0, 0.1) is 0 Å². The van der Waals surface area contributed by atoms with Gasteiger partial charge in [-0.2, -0.15) is 5.10 Å². The zero-order valence-electron chi connectivity index (χ0n) is 16.5. The molecular formula is C19H32N6. The molecule has 0 bridgehead atoms. The molecule has 2 rings (SSSR count). The minimum absolute atomic E-state index is 0.667. The Hall–Kier alpha value is -2.24. The third-order valence-electron chi connectivity index (χ3n) is 4.56. The number of hydrogen-bond donors (Lipinski definition) is 1. The lowest BCUT2D eigenvalue weighted by molar-refractivity contribution is 0.462. The monoisotopic (exact) mass is 344 g/mol. The Bertz CT molecular complexity index is 710. The Balaban J connectivity index is 2.21. The second-order valence-electron chi connectivity index (χ2n) is 6.34. The number of aliphatic imine (C=N–C) groups is 1. The highest BCUT2D eigenvalue weighted by Gasteiger charge is 2.14. The zero-order chi connectivity index (χ0) is 18.4. The van der Waals surface area contributed by atoms with Gasteiger partial charge in [0.15, 0.2) is 5.96 Å². The maximum Gasteiger partial charge on any atom is 0.194 e. The van der Waals surface area contributed by atoms with Gasteiger partial charge < -0.3 is 14.8 Å². The van der Waals surface area contributed by atoms with E-state index in [1.165, 1.54) is 17.0 Å². The van der Waals surface area contributed by atoms with Gasteiger partial charge in [0.2, 0.25) is 0 Å². The SMILES string of the molecule is CCNC(=NCc1c(CC)nn(C)c1CC)N(C)Cc1cccn1C. The molecule has 138 valence electrons. The van der Waals surface area contributed by atoms with Crippen molar-refractivity contribution in [3.63, 3.8) is 0 Å². The summed E-state index contributed by atoms with van der Waals surface area (Å²) in [5, 5.41) is 8.06. The molecule has 2 heterocycles. The zero-order valence-corrected chi connectivity index (χ0v) is 16.5. The number of aryl methyl sites for hydroxylation is 3. The first-order valence-electron chi connectivity index (χ1n) is 9.14. The van der Waals surface area contributed by atoms with Gasteiger partial charge in [-0.1, -0.05) is 13.8 Å². The van der Waals surface area contributed by atoms with Crippen LogP contribution in [0.5, 0.6) is 0 Å². The van der Waals surface area contributed by atoms with Gasteiger partial charge in [-0.3, -0.25) is 4.68 Å². The number of aromatic nitrogens is 3. The van der Waals surface area contributed by atoms with E-state index in [9.17, 15) is 0 Å². The van der Waals surface area contributed by atoms with Gasteiger partial charge in [-0.15, -0.1) is 0 Å². The van der Waals surface area contributed by atoms with Crippen molar-refractivity contribution in [3.05, 3.63) is 41.0 Å². The van der Waals surface area contributed by atoms with Gasteiger partial charge in [-0.05, 0) is 31.9 Å². The van der Waals surface area contributed by atoms with Crippen molar-refractivity contribution in [1.29, 1.82) is 0 Å². The van der Waals surface area contributed by atoms with Crippen molar-refractivity contribution in [2.45, 2.75) is 46.7 Å². The molecule has 0 atom stereocenters. The predicted molar refractivity (Wildman–Crippen MR) is 104 cm³/mol. The first-order valence-corrected chi connectivity index (χ1v) is 9.14. The summed E-state index contributed by atoms with van der Waals surface area (Å²) in [6.07, 6.45) is 3.99. The van der Waals surface area contributed by atoms with Crippen LogP contribution in [-0.4, -0.2) is 38.8 Å². The average Bonchev–Trinajstić information content (AvgIpc) is 3.13. The molecule has 0 saturated heterocycles. The second kappa shape index (κ2) is 8.74. The van der Waals surface area contributed by atoms with E-state index in [1.807, 2.05) is 11.7 Å². The smallest absolute Gasteiger partial charge is 0.194 e. The molecule has 0 unspecified atom stereocenters. The van der Waals surface area contributed by atoms with E-state index >= 15 is 0 Å². The van der Waals surface area contributed by atoms with Gasteiger partial charge >= 0.3 is 0 Å². The summed E-state index contributed by atoms with van der Waals surface area (Å²) in [4.78, 5) is 7.07. The Morgan fingerprint density at radius 1 is 1.24 bits per heavy atom. The lowest BCUT2D eigenvalue weighted by Crippen LogP contribution is -2.38. The van der Waals surface area contributed by atoms with Crippen LogP contribution < -0.4 is 5.32 Å². The van der Waals surface area contributed by atoms with E-state index < -0.39 is 0 Å². The lowest BCUT2D eigenvalue weighted by Gasteiger charge is -2.22. The Morgan fingerprint density at radius 3 is 2.56 bits per heavy atom. The topological polar surface area (TPSA) is 50.4 Å². The molecule has 0 spiro atoms. The first kappa shape index (κ1) is 19.1. The summed E-state index contributed by atoms with van der Waals surface area (Å²) in [5.41, 5.74) is 4.97. The van der Waals surface area contributed by atoms with Crippen molar-refractivity contribution in [2.75, 3.05) is 13.6 Å². The van der Waals surface area contributed by atoms with Gasteiger partial charge in [0.25, 0.3) is 0 Å². The number of nitrogens with zero attached hydrogens (tertiary/aromatic N) is 5. The maximum absolute atomic E-state index is 4.89. The fourth-order valence-electron chi connectivity index (χ4n) is 3.17. The highest BCUT2D eigenvalue weighted by atomic mass is 15.3. The minimum atomic E-state index is 0.667. The van der Waals surface area contributed by atoms with Crippen molar-refractivity contribution in [2.24, 2.45) is 19.1 Å². The summed E-state index contributed by atoms with van der Waals surface area (Å²) in [6, 6.07) is 4.22. The van der Waals surface area contributed by atoms with E-state index in [1.54, 1.807) is 0 Å². The molecule has 0 amide bonds. The summed E-state index contributed by atoms with van der Waals surface area (Å²) in [7, 11) is 6.18. The van der Waals surface area contributed by atoms with Crippen LogP contribution >= 0.6 is 0 Å². The van der Waals surface area contributed by atoms with E-state index in [4.69, 9.17) is 4.99 Å². The van der Waals surface area contributed by atoms with Gasteiger partial charge in [0, 0.05) is 50.8 Å². The molecule has 0 radical (unpaired) electrons. The van der Waals surface area contributed by atoms with Crippen LogP contribution in [0.1, 0.15) is 43.4 Å². The molecule has 2 aromatic rings. The van der Waals surface area contributed by atoms with E-state index in [0.29, 0.717) is 6.54 Å². The van der Waals surface area contributed by atoms with Crippen molar-refractivity contribution in [3.8, 4) is 0 Å². The molecule has 6 nitrogen and oxygen atoms in total. The molecule has 0 aromatic carbocycles. The molecule has 0 saturated carbocycles. The largest absolute Gasteiger partial charge is 0.357 e. The Morgan fingerprint density at radius 2 is 2.00 bits per heavy atom.